The highest BCUT2D eigenvalue weighted by Crippen LogP contribution is 2.44. The molecule has 3 aromatic rings. The average Bonchev–Trinajstić information content (AvgIpc) is 3.31. The number of rotatable bonds is 6. The highest BCUT2D eigenvalue weighted by atomic mass is 16.7. The highest BCUT2D eigenvalue weighted by molar-refractivity contribution is 6.56. The number of nitrogen functional groups attached to an aromatic ring is 1. The summed E-state index contributed by atoms with van der Waals surface area (Å²) in [5.74, 6) is 0.00371. The van der Waals surface area contributed by atoms with Gasteiger partial charge in [0.25, 0.3) is 0 Å². The van der Waals surface area contributed by atoms with Crippen molar-refractivity contribution >= 4 is 25.0 Å². The number of fused-ring (bicyclic) bond motifs is 3. The number of alkyl carbamates (subject to hydrolysis) is 1. The third-order valence-corrected chi connectivity index (χ3v) is 7.98. The van der Waals surface area contributed by atoms with E-state index in [0.717, 1.165) is 22.3 Å². The monoisotopic (exact) mass is 510 g/mol. The van der Waals surface area contributed by atoms with E-state index in [-0.39, 0.29) is 19.1 Å². The van der Waals surface area contributed by atoms with E-state index in [4.69, 9.17) is 19.8 Å². The number of ether oxygens (including phenoxy) is 1. The topological polar surface area (TPSA) is 82.8 Å². The summed E-state index contributed by atoms with van der Waals surface area (Å²) in [7, 11) is -0.605. The third kappa shape index (κ3) is 4.96. The molecule has 3 N–H and O–H groups in total. The van der Waals surface area contributed by atoms with Gasteiger partial charge in [0.05, 0.1) is 11.2 Å². The number of benzene rings is 3. The Morgan fingerprint density at radius 2 is 1.55 bits per heavy atom. The van der Waals surface area contributed by atoms with Gasteiger partial charge < -0.3 is 25.1 Å². The lowest BCUT2D eigenvalue weighted by Gasteiger charge is -2.32. The second kappa shape index (κ2) is 9.97. The Balaban J connectivity index is 1.30. The van der Waals surface area contributed by atoms with Crippen LogP contribution in [0.1, 0.15) is 55.9 Å². The lowest BCUT2D eigenvalue weighted by molar-refractivity contribution is 0.00578. The van der Waals surface area contributed by atoms with Gasteiger partial charge in [-0.1, -0.05) is 66.7 Å². The van der Waals surface area contributed by atoms with Crippen LogP contribution >= 0.6 is 0 Å². The molecule has 0 atom stereocenters. The van der Waals surface area contributed by atoms with Gasteiger partial charge in [0, 0.05) is 18.2 Å². The van der Waals surface area contributed by atoms with Gasteiger partial charge in [0.1, 0.15) is 6.61 Å². The standard InChI is InChI=1S/C31H35BN2O4/c1-20-16-21(14-15-28(20)33)17-22(32-37-30(2,3)31(4,5)38-32)18-34-29(35)36-19-27-25-12-8-6-10-23(25)24-11-7-9-13-26(24)27/h6-17,27H,18-19,33H2,1-5H3,(H,34,35). The normalized spacial score (nSPS) is 17.7. The molecular formula is C31H35BN2O4. The van der Waals surface area contributed by atoms with Crippen molar-refractivity contribution in [3.05, 3.63) is 94.5 Å². The summed E-state index contributed by atoms with van der Waals surface area (Å²) in [6, 6.07) is 22.4. The van der Waals surface area contributed by atoms with Crippen LogP contribution in [-0.2, 0) is 14.0 Å². The molecule has 0 radical (unpaired) electrons. The number of hydrogen-bond donors (Lipinski definition) is 2. The van der Waals surface area contributed by atoms with Crippen molar-refractivity contribution in [1.29, 1.82) is 0 Å². The molecule has 1 aliphatic heterocycles. The van der Waals surface area contributed by atoms with Crippen LogP contribution in [0, 0.1) is 6.92 Å². The molecule has 0 unspecified atom stereocenters. The molecule has 3 aromatic carbocycles. The van der Waals surface area contributed by atoms with Crippen molar-refractivity contribution in [3.8, 4) is 11.1 Å². The maximum absolute atomic E-state index is 12.9. The first-order chi connectivity index (χ1) is 18.1. The molecule has 38 heavy (non-hydrogen) atoms. The van der Waals surface area contributed by atoms with Gasteiger partial charge in [-0.3, -0.25) is 0 Å². The molecular weight excluding hydrogens is 475 g/mol. The summed E-state index contributed by atoms with van der Waals surface area (Å²) >= 11 is 0. The quantitative estimate of drug-likeness (QED) is 0.308. The maximum Gasteiger partial charge on any atom is 0.492 e. The summed E-state index contributed by atoms with van der Waals surface area (Å²) in [5, 5.41) is 2.92. The number of amides is 1. The Morgan fingerprint density at radius 1 is 0.974 bits per heavy atom. The Morgan fingerprint density at radius 3 is 2.13 bits per heavy atom. The van der Waals surface area contributed by atoms with Gasteiger partial charge in [-0.05, 0) is 79.5 Å². The number of aryl methyl sites for hydroxylation is 1. The van der Waals surface area contributed by atoms with Crippen LogP contribution < -0.4 is 11.1 Å². The number of nitrogens with one attached hydrogen (secondary N) is 1. The molecule has 1 aliphatic carbocycles. The predicted octanol–water partition coefficient (Wildman–Crippen LogP) is 6.13. The van der Waals surface area contributed by atoms with Crippen LogP contribution in [-0.4, -0.2) is 37.6 Å². The molecule has 1 amide bonds. The predicted molar refractivity (Wildman–Crippen MR) is 153 cm³/mol. The number of anilines is 1. The Kier molecular flexibility index (Phi) is 6.84. The minimum atomic E-state index is -0.605. The summed E-state index contributed by atoms with van der Waals surface area (Å²) in [6.45, 7) is 10.5. The molecule has 0 saturated carbocycles. The zero-order chi connectivity index (χ0) is 27.1. The van der Waals surface area contributed by atoms with Crippen molar-refractivity contribution in [3.63, 3.8) is 0 Å². The third-order valence-electron chi connectivity index (χ3n) is 7.98. The van der Waals surface area contributed by atoms with Crippen LogP contribution in [0.2, 0.25) is 0 Å². The number of carbonyl (C=O) groups excluding carboxylic acids is 1. The van der Waals surface area contributed by atoms with Crippen LogP contribution in [0.25, 0.3) is 17.2 Å². The van der Waals surface area contributed by atoms with Crippen molar-refractivity contribution in [1.82, 2.24) is 5.32 Å². The molecule has 1 saturated heterocycles. The molecule has 6 nitrogen and oxygen atoms in total. The molecule has 2 aliphatic rings. The second-order valence-corrected chi connectivity index (χ2v) is 11.1. The van der Waals surface area contributed by atoms with Crippen LogP contribution in [0.15, 0.2) is 72.2 Å². The first-order valence-electron chi connectivity index (χ1n) is 13.1. The van der Waals surface area contributed by atoms with E-state index in [0.29, 0.717) is 0 Å². The zero-order valence-corrected chi connectivity index (χ0v) is 22.7. The molecule has 0 aromatic heterocycles. The Bertz CT molecular complexity index is 1340. The number of hydrogen-bond acceptors (Lipinski definition) is 5. The lowest BCUT2D eigenvalue weighted by Crippen LogP contribution is -2.41. The molecule has 5 rings (SSSR count). The maximum atomic E-state index is 12.9. The Labute approximate surface area is 225 Å². The van der Waals surface area contributed by atoms with Crippen molar-refractivity contribution in [2.24, 2.45) is 0 Å². The van der Waals surface area contributed by atoms with E-state index >= 15 is 0 Å². The van der Waals surface area contributed by atoms with Crippen LogP contribution in [0.5, 0.6) is 0 Å². The molecule has 0 bridgehead atoms. The first kappa shape index (κ1) is 26.1. The minimum Gasteiger partial charge on any atom is -0.449 e. The Hall–Kier alpha value is -3.55. The van der Waals surface area contributed by atoms with E-state index in [1.54, 1.807) is 0 Å². The lowest BCUT2D eigenvalue weighted by atomic mass is 9.77. The van der Waals surface area contributed by atoms with Crippen molar-refractivity contribution in [2.75, 3.05) is 18.9 Å². The summed E-state index contributed by atoms with van der Waals surface area (Å²) in [4.78, 5) is 12.9. The van der Waals surface area contributed by atoms with Crippen molar-refractivity contribution in [2.45, 2.75) is 51.7 Å². The average molecular weight is 510 g/mol. The van der Waals surface area contributed by atoms with E-state index in [1.165, 1.54) is 22.3 Å². The van der Waals surface area contributed by atoms with Gasteiger partial charge in [0.15, 0.2) is 0 Å². The summed E-state index contributed by atoms with van der Waals surface area (Å²) < 4.78 is 18.3. The fraction of sp³-hybridized carbons (Fsp3) is 0.323. The fourth-order valence-corrected chi connectivity index (χ4v) is 5.02. The largest absolute Gasteiger partial charge is 0.492 e. The van der Waals surface area contributed by atoms with E-state index in [1.807, 2.05) is 83.2 Å². The smallest absolute Gasteiger partial charge is 0.449 e. The molecule has 196 valence electrons. The van der Waals surface area contributed by atoms with Gasteiger partial charge in [0.2, 0.25) is 0 Å². The fourth-order valence-electron chi connectivity index (χ4n) is 5.02. The van der Waals surface area contributed by atoms with E-state index in [2.05, 4.69) is 29.6 Å². The minimum absolute atomic E-state index is 0.00371. The van der Waals surface area contributed by atoms with Gasteiger partial charge >= 0.3 is 13.2 Å². The highest BCUT2D eigenvalue weighted by Gasteiger charge is 2.52. The molecule has 1 fully saturated rings. The SMILES string of the molecule is Cc1cc(C=C(CNC(=O)OCC2c3ccccc3-c3ccccc32)B2OC(C)(C)C(C)(C)O2)ccc1N. The van der Waals surface area contributed by atoms with E-state index < -0.39 is 24.4 Å². The van der Waals surface area contributed by atoms with E-state index in [9.17, 15) is 4.79 Å². The summed E-state index contributed by atoms with van der Waals surface area (Å²) in [5.41, 5.74) is 13.2. The van der Waals surface area contributed by atoms with Gasteiger partial charge in [-0.2, -0.15) is 0 Å². The first-order valence-corrected chi connectivity index (χ1v) is 13.1. The van der Waals surface area contributed by atoms with Crippen LogP contribution in [0.3, 0.4) is 0 Å². The summed E-state index contributed by atoms with van der Waals surface area (Å²) in [6.07, 6.45) is 1.50. The van der Waals surface area contributed by atoms with Gasteiger partial charge in [-0.15, -0.1) is 0 Å². The van der Waals surface area contributed by atoms with Gasteiger partial charge in [-0.25, -0.2) is 4.79 Å². The molecule has 1 heterocycles. The zero-order valence-electron chi connectivity index (χ0n) is 22.7. The second-order valence-electron chi connectivity index (χ2n) is 11.1. The van der Waals surface area contributed by atoms with Crippen molar-refractivity contribution < 1.29 is 18.8 Å². The molecule has 7 heteroatoms. The number of carbonyl (C=O) groups is 1. The molecule has 0 spiro atoms. The number of nitrogens with two attached hydrogens (primary N) is 1. The van der Waals surface area contributed by atoms with Crippen LogP contribution in [0.4, 0.5) is 10.5 Å².